The van der Waals surface area contributed by atoms with Gasteiger partial charge in [-0.05, 0) is 55.2 Å². The molecule has 4 aromatic rings. The Labute approximate surface area is 399 Å². The first kappa shape index (κ1) is 54.0. The lowest BCUT2D eigenvalue weighted by Gasteiger charge is -2.26. The third-order valence-electron chi connectivity index (χ3n) is 11.0. The number of aromatic nitrogens is 3. The number of hydrogen-bond donors (Lipinski definition) is 12. The first-order valence-electron chi connectivity index (χ1n) is 22.6. The quantitative estimate of drug-likeness (QED) is 0.0355. The zero-order valence-electron chi connectivity index (χ0n) is 39.3. The van der Waals surface area contributed by atoms with Gasteiger partial charge in [-0.15, -0.1) is 0 Å². The van der Waals surface area contributed by atoms with Gasteiger partial charge in [0.05, 0.1) is 24.6 Å². The first-order chi connectivity index (χ1) is 32.7. The van der Waals surface area contributed by atoms with E-state index in [1.807, 2.05) is 24.3 Å². The van der Waals surface area contributed by atoms with Crippen LogP contribution in [-0.2, 0) is 62.4 Å². The Bertz CT molecular complexity index is 2410. The summed E-state index contributed by atoms with van der Waals surface area (Å²) >= 11 is 0. The van der Waals surface area contributed by atoms with Crippen LogP contribution in [-0.4, -0.2) is 122 Å². The van der Waals surface area contributed by atoms with Crippen molar-refractivity contribution in [1.82, 2.24) is 52.2 Å². The van der Waals surface area contributed by atoms with Crippen molar-refractivity contribution in [2.75, 3.05) is 6.54 Å². The van der Waals surface area contributed by atoms with Crippen LogP contribution in [0.1, 0.15) is 70.7 Å². The van der Waals surface area contributed by atoms with Crippen LogP contribution in [0.2, 0.25) is 0 Å². The number of aromatic amines is 2. The van der Waals surface area contributed by atoms with E-state index in [4.69, 9.17) is 11.5 Å². The summed E-state index contributed by atoms with van der Waals surface area (Å²) in [5, 5.41) is 28.3. The molecule has 0 aliphatic carbocycles. The summed E-state index contributed by atoms with van der Waals surface area (Å²) < 4.78 is 0. The molecule has 0 spiro atoms. The fourth-order valence-electron chi connectivity index (χ4n) is 7.30. The molecule has 0 radical (unpaired) electrons. The van der Waals surface area contributed by atoms with Crippen LogP contribution < -0.4 is 48.7 Å². The summed E-state index contributed by atoms with van der Waals surface area (Å²) in [5.74, 6) is -7.99. The first-order valence-corrected chi connectivity index (χ1v) is 22.6. The number of fused-ring (bicyclic) bond motifs is 1. The van der Waals surface area contributed by atoms with Gasteiger partial charge in [0.2, 0.25) is 47.3 Å². The molecule has 7 atom stereocenters. The maximum Gasteiger partial charge on any atom is 0.326 e. The minimum absolute atomic E-state index is 0.0619. The zero-order chi connectivity index (χ0) is 50.8. The smallest absolute Gasteiger partial charge is 0.326 e. The molecular formula is C47H64N12O10. The molecule has 22 heteroatoms. The van der Waals surface area contributed by atoms with E-state index >= 15 is 0 Å². The molecule has 2 aromatic carbocycles. The van der Waals surface area contributed by atoms with Crippen LogP contribution in [0.3, 0.4) is 0 Å². The number of rotatable bonds is 27. The molecule has 14 N–H and O–H groups in total. The van der Waals surface area contributed by atoms with Crippen molar-refractivity contribution in [2.45, 2.75) is 115 Å². The lowest BCUT2D eigenvalue weighted by Crippen LogP contribution is -2.59. The Hall–Kier alpha value is -7.62. The van der Waals surface area contributed by atoms with E-state index in [0.717, 1.165) is 16.5 Å². The second kappa shape index (κ2) is 26.1. The highest BCUT2D eigenvalue weighted by Gasteiger charge is 2.33. The SMILES string of the molecule is CC(C)C[C@H](NC(=O)[C@H](Cc1c[nH]cn1)NC(=O)CNC(=O)[C@@H](NC(=O)[C@H](C)NC(=O)[C@H](Cc1c[nH]c2ccccc12)NC(=O)[C@H](CCC(N)=O)NC(=O)[C@H](N)Cc1ccccc1)C(C)C)C(=O)O. The lowest BCUT2D eigenvalue weighted by atomic mass is 10.0. The maximum atomic E-state index is 14.1. The van der Waals surface area contributed by atoms with E-state index in [1.54, 1.807) is 64.2 Å². The summed E-state index contributed by atoms with van der Waals surface area (Å²) in [6, 6.07) is 7.52. The molecule has 2 heterocycles. The van der Waals surface area contributed by atoms with Crippen molar-refractivity contribution >= 4 is 64.1 Å². The fourth-order valence-corrected chi connectivity index (χ4v) is 7.30. The third kappa shape index (κ3) is 17.2. The van der Waals surface area contributed by atoms with Gasteiger partial charge in [0.25, 0.3) is 0 Å². The number of primary amides is 1. The molecule has 22 nitrogen and oxygen atoms in total. The fraction of sp³-hybridized carbons (Fsp3) is 0.447. The van der Waals surface area contributed by atoms with Crippen LogP contribution in [0.25, 0.3) is 10.9 Å². The Kier molecular flexibility index (Phi) is 20.4. The number of imidazole rings is 1. The highest BCUT2D eigenvalue weighted by molar-refractivity contribution is 5.97. The average molecular weight is 957 g/mol. The van der Waals surface area contributed by atoms with Crippen LogP contribution in [0.5, 0.6) is 0 Å². The second-order valence-corrected chi connectivity index (χ2v) is 17.6. The molecule has 0 fully saturated rings. The number of nitrogens with two attached hydrogens (primary N) is 2. The van der Waals surface area contributed by atoms with Crippen molar-refractivity contribution < 1.29 is 48.3 Å². The molecule has 69 heavy (non-hydrogen) atoms. The molecular weight excluding hydrogens is 893 g/mol. The summed E-state index contributed by atoms with van der Waals surface area (Å²) in [4.78, 5) is 129. The van der Waals surface area contributed by atoms with Crippen LogP contribution in [0.15, 0.2) is 73.3 Å². The highest BCUT2D eigenvalue weighted by Crippen LogP contribution is 2.20. The lowest BCUT2D eigenvalue weighted by molar-refractivity contribution is -0.142. The number of amides is 8. The van der Waals surface area contributed by atoms with Gasteiger partial charge in [-0.25, -0.2) is 9.78 Å². The molecule has 0 saturated heterocycles. The predicted molar refractivity (Wildman–Crippen MR) is 253 cm³/mol. The van der Waals surface area contributed by atoms with Gasteiger partial charge in [-0.2, -0.15) is 0 Å². The van der Waals surface area contributed by atoms with Crippen molar-refractivity contribution in [3.8, 4) is 0 Å². The van der Waals surface area contributed by atoms with E-state index in [-0.39, 0.29) is 44.4 Å². The number of para-hydroxylation sites is 1. The van der Waals surface area contributed by atoms with E-state index < -0.39 is 108 Å². The van der Waals surface area contributed by atoms with Gasteiger partial charge in [-0.3, -0.25) is 38.4 Å². The van der Waals surface area contributed by atoms with Gasteiger partial charge in [0.1, 0.15) is 36.3 Å². The molecule has 2 aromatic heterocycles. The number of hydrogen-bond acceptors (Lipinski definition) is 11. The number of benzene rings is 2. The number of carbonyl (C=O) groups is 9. The van der Waals surface area contributed by atoms with Crippen LogP contribution >= 0.6 is 0 Å². The number of nitrogens with zero attached hydrogens (tertiary/aromatic N) is 1. The Morgan fingerprint density at radius 1 is 0.667 bits per heavy atom. The molecule has 0 aliphatic rings. The Morgan fingerprint density at radius 2 is 1.29 bits per heavy atom. The van der Waals surface area contributed by atoms with Gasteiger partial charge in [-0.1, -0.05) is 76.2 Å². The number of nitrogens with one attached hydrogen (secondary N) is 9. The van der Waals surface area contributed by atoms with E-state index in [9.17, 15) is 48.3 Å². The summed E-state index contributed by atoms with van der Waals surface area (Å²) in [5.41, 5.74) is 14.2. The molecule has 0 bridgehead atoms. The van der Waals surface area contributed by atoms with Gasteiger partial charge < -0.3 is 63.8 Å². The molecule has 372 valence electrons. The van der Waals surface area contributed by atoms with E-state index in [1.165, 1.54) is 19.4 Å². The number of carboxylic acids is 1. The third-order valence-corrected chi connectivity index (χ3v) is 11.0. The molecule has 4 rings (SSSR count). The summed E-state index contributed by atoms with van der Waals surface area (Å²) in [6.45, 7) is 7.62. The zero-order valence-corrected chi connectivity index (χ0v) is 39.3. The molecule has 0 saturated carbocycles. The van der Waals surface area contributed by atoms with Crippen LogP contribution in [0, 0.1) is 11.8 Å². The van der Waals surface area contributed by atoms with Gasteiger partial charge in [0, 0.05) is 42.6 Å². The monoisotopic (exact) mass is 956 g/mol. The van der Waals surface area contributed by atoms with Crippen molar-refractivity contribution in [3.05, 3.63) is 90.1 Å². The summed E-state index contributed by atoms with van der Waals surface area (Å²) in [7, 11) is 0. The topological polar surface area (TPSA) is 355 Å². The van der Waals surface area contributed by atoms with Crippen molar-refractivity contribution in [1.29, 1.82) is 0 Å². The number of aliphatic carboxylic acids is 1. The predicted octanol–water partition coefficient (Wildman–Crippen LogP) is -0.657. The molecule has 8 amide bonds. The largest absolute Gasteiger partial charge is 0.480 e. The normalized spacial score (nSPS) is 14.3. The Balaban J connectivity index is 1.44. The van der Waals surface area contributed by atoms with E-state index in [2.05, 4.69) is 52.2 Å². The van der Waals surface area contributed by atoms with E-state index in [0.29, 0.717) is 11.3 Å². The molecule has 0 unspecified atom stereocenters. The highest BCUT2D eigenvalue weighted by atomic mass is 16.4. The van der Waals surface area contributed by atoms with Gasteiger partial charge in [0.15, 0.2) is 0 Å². The maximum absolute atomic E-state index is 14.1. The average Bonchev–Trinajstić information content (AvgIpc) is 3.97. The molecule has 0 aliphatic heterocycles. The number of carboxylic acid groups (broad SMARTS) is 1. The Morgan fingerprint density at radius 3 is 1.93 bits per heavy atom. The number of H-pyrrole nitrogens is 2. The van der Waals surface area contributed by atoms with Crippen molar-refractivity contribution in [2.24, 2.45) is 23.3 Å². The second-order valence-electron chi connectivity index (χ2n) is 17.6. The standard InChI is InChI=1S/C47H64N12O10/c1-25(2)17-37(47(68)69)58-45(66)36(20-30-22-50-24-53-30)55-39(61)23-52-46(67)40(26(3)4)59-41(62)27(5)54-44(65)35(19-29-21-51-33-14-10-9-13-31(29)33)57-43(64)34(15-16-38(49)60)56-42(63)32(48)18-28-11-7-6-8-12-28/h6-14,21-22,24-27,32,34-37,40,51H,15-20,23,48H2,1-5H3,(H2,49,60)(H,50,53)(H,52,67)(H,54,65)(H,55,61)(H,56,63)(H,57,64)(H,58,66)(H,59,62)(H,68,69)/t27-,32+,34-,35-,36-,37-,40-/m0/s1. The summed E-state index contributed by atoms with van der Waals surface area (Å²) in [6.07, 6.45) is 4.18. The van der Waals surface area contributed by atoms with Crippen LogP contribution in [0.4, 0.5) is 0 Å². The van der Waals surface area contributed by atoms with Crippen molar-refractivity contribution in [3.63, 3.8) is 0 Å². The minimum atomic E-state index is -1.34. The number of carbonyl (C=O) groups excluding carboxylic acids is 8. The van der Waals surface area contributed by atoms with Gasteiger partial charge >= 0.3 is 5.97 Å². The minimum Gasteiger partial charge on any atom is -0.480 e.